The third-order valence-corrected chi connectivity index (χ3v) is 9.55. The topological polar surface area (TPSA) is 46.4 Å². The van der Waals surface area contributed by atoms with Gasteiger partial charge in [-0.3, -0.25) is 10.1 Å². The van der Waals surface area contributed by atoms with Crippen LogP contribution in [0.1, 0.15) is 43.0 Å². The Kier molecular flexibility index (Phi) is 7.25. The lowest BCUT2D eigenvalue weighted by atomic mass is 9.73. The molecule has 0 saturated carbocycles. The number of likely N-dealkylation sites (N-methyl/N-ethyl adjacent to an activating group) is 1. The molecule has 1 aliphatic rings. The van der Waals surface area contributed by atoms with Crippen LogP contribution in [0, 0.1) is 17.0 Å². The minimum absolute atomic E-state index is 0.0973. The van der Waals surface area contributed by atoms with Gasteiger partial charge in [-0.1, -0.05) is 105 Å². The molecule has 0 spiro atoms. The smallest absolute Gasteiger partial charge is 0.270 e. The largest absolute Gasteiger partial charge is 0.347 e. The number of anilines is 1. The van der Waals surface area contributed by atoms with Crippen LogP contribution in [0.4, 0.5) is 11.4 Å². The van der Waals surface area contributed by atoms with Gasteiger partial charge < -0.3 is 4.90 Å². The van der Waals surface area contributed by atoms with Gasteiger partial charge in [0.25, 0.3) is 5.69 Å². The van der Waals surface area contributed by atoms with Crippen molar-refractivity contribution in [1.29, 1.82) is 0 Å². The van der Waals surface area contributed by atoms with Crippen molar-refractivity contribution < 1.29 is 4.92 Å². The van der Waals surface area contributed by atoms with Gasteiger partial charge in [-0.05, 0) is 87.8 Å². The third-order valence-electron chi connectivity index (χ3n) is 9.55. The Labute approximate surface area is 259 Å². The maximum atomic E-state index is 11.6. The lowest BCUT2D eigenvalue weighted by Gasteiger charge is -2.30. The Balaban J connectivity index is 1.42. The van der Waals surface area contributed by atoms with Crippen molar-refractivity contribution in [2.24, 2.45) is 0 Å². The van der Waals surface area contributed by atoms with Crippen LogP contribution in [0.5, 0.6) is 0 Å². The first-order chi connectivity index (χ1) is 21.0. The average Bonchev–Trinajstić information content (AvgIpc) is 3.22. The second kappa shape index (κ2) is 10.9. The van der Waals surface area contributed by atoms with Crippen LogP contribution >= 0.6 is 0 Å². The van der Waals surface area contributed by atoms with Gasteiger partial charge in [-0.15, -0.1) is 0 Å². The van der Waals surface area contributed by atoms with Gasteiger partial charge in [-0.25, -0.2) is 0 Å². The summed E-state index contributed by atoms with van der Waals surface area (Å²) in [5.41, 5.74) is 7.58. The van der Waals surface area contributed by atoms with E-state index < -0.39 is 5.41 Å². The number of allylic oxidation sites excluding steroid dienone is 5. The molecule has 4 nitrogen and oxygen atoms in total. The number of aryl methyl sites for hydroxylation is 1. The molecule has 5 aromatic rings. The van der Waals surface area contributed by atoms with Gasteiger partial charge in [0, 0.05) is 41.4 Å². The summed E-state index contributed by atoms with van der Waals surface area (Å²) in [4.78, 5) is 13.6. The molecule has 220 valence electrons. The molecule has 1 atom stereocenters. The zero-order valence-electron chi connectivity index (χ0n) is 26.1. The molecule has 5 aromatic carbocycles. The molecule has 0 radical (unpaired) electrons. The molecule has 0 N–H and O–H groups in total. The molecule has 44 heavy (non-hydrogen) atoms. The molecule has 0 saturated heterocycles. The fourth-order valence-corrected chi connectivity index (χ4v) is 7.21. The van der Waals surface area contributed by atoms with E-state index in [1.807, 2.05) is 12.1 Å². The van der Waals surface area contributed by atoms with Gasteiger partial charge in [0.15, 0.2) is 0 Å². The molecule has 1 heterocycles. The van der Waals surface area contributed by atoms with E-state index in [2.05, 4.69) is 137 Å². The summed E-state index contributed by atoms with van der Waals surface area (Å²) in [6.07, 6.45) is 7.33. The highest BCUT2D eigenvalue weighted by Gasteiger charge is 2.43. The quantitative estimate of drug-likeness (QED) is 0.110. The molecule has 6 rings (SSSR count). The number of nitro benzene ring substituents is 1. The van der Waals surface area contributed by atoms with E-state index in [0.29, 0.717) is 0 Å². The highest BCUT2D eigenvalue weighted by Crippen LogP contribution is 2.52. The number of hydrogen-bond acceptors (Lipinski definition) is 3. The minimum Gasteiger partial charge on any atom is -0.347 e. The van der Waals surface area contributed by atoms with Crippen molar-refractivity contribution in [1.82, 2.24) is 0 Å². The predicted molar refractivity (Wildman–Crippen MR) is 185 cm³/mol. The zero-order chi connectivity index (χ0) is 31.2. The van der Waals surface area contributed by atoms with Crippen LogP contribution in [0.25, 0.3) is 21.5 Å². The van der Waals surface area contributed by atoms with E-state index in [4.69, 9.17) is 0 Å². The number of non-ortho nitro benzene ring substituents is 1. The first kappa shape index (κ1) is 29.1. The minimum atomic E-state index is -0.456. The van der Waals surface area contributed by atoms with Crippen LogP contribution in [0.3, 0.4) is 0 Å². The van der Waals surface area contributed by atoms with E-state index in [-0.39, 0.29) is 16.0 Å². The Hall–Kier alpha value is -4.96. The SMILES string of the molecule is C=C(/C=C/C=C1/N(C)c2ccc3ccccc3c2C1(C)Cc1ccccc1)C(C)(C)c1c(C)ccc2ccc([N+](=O)[O-])cc12. The number of nitrogens with zero attached hydrogens (tertiary/aromatic N) is 2. The summed E-state index contributed by atoms with van der Waals surface area (Å²) < 4.78 is 0. The summed E-state index contributed by atoms with van der Waals surface area (Å²) in [6, 6.07) is 33.1. The molecule has 0 aliphatic carbocycles. The van der Waals surface area contributed by atoms with Crippen molar-refractivity contribution in [2.45, 2.75) is 44.9 Å². The Morgan fingerprint density at radius 3 is 2.34 bits per heavy atom. The maximum Gasteiger partial charge on any atom is 0.270 e. The van der Waals surface area contributed by atoms with Crippen LogP contribution in [0.15, 0.2) is 133 Å². The Morgan fingerprint density at radius 1 is 0.932 bits per heavy atom. The summed E-state index contributed by atoms with van der Waals surface area (Å²) in [5.74, 6) is 0. The van der Waals surface area contributed by atoms with Crippen molar-refractivity contribution >= 4 is 32.9 Å². The van der Waals surface area contributed by atoms with Crippen molar-refractivity contribution in [3.8, 4) is 0 Å². The second-order valence-corrected chi connectivity index (χ2v) is 12.7. The van der Waals surface area contributed by atoms with E-state index >= 15 is 0 Å². The Morgan fingerprint density at radius 2 is 1.59 bits per heavy atom. The van der Waals surface area contributed by atoms with Crippen LogP contribution < -0.4 is 4.90 Å². The van der Waals surface area contributed by atoms with Gasteiger partial charge in [0.1, 0.15) is 0 Å². The van der Waals surface area contributed by atoms with Crippen molar-refractivity contribution in [2.75, 3.05) is 11.9 Å². The van der Waals surface area contributed by atoms with Gasteiger partial charge >= 0.3 is 0 Å². The van der Waals surface area contributed by atoms with E-state index in [0.717, 1.165) is 33.9 Å². The monoisotopic (exact) mass is 578 g/mol. The van der Waals surface area contributed by atoms with Gasteiger partial charge in [0.2, 0.25) is 0 Å². The first-order valence-corrected chi connectivity index (χ1v) is 15.1. The normalized spacial score (nSPS) is 17.6. The lowest BCUT2D eigenvalue weighted by Crippen LogP contribution is -2.29. The number of nitro groups is 1. The highest BCUT2D eigenvalue weighted by atomic mass is 16.6. The summed E-state index contributed by atoms with van der Waals surface area (Å²) >= 11 is 0. The molecule has 1 aliphatic heterocycles. The zero-order valence-corrected chi connectivity index (χ0v) is 26.1. The number of hydrogen-bond donors (Lipinski definition) is 0. The van der Waals surface area contributed by atoms with E-state index in [1.54, 1.807) is 12.1 Å². The summed E-state index contributed by atoms with van der Waals surface area (Å²) in [5, 5.41) is 16.0. The number of rotatable bonds is 7. The molecule has 0 amide bonds. The van der Waals surface area contributed by atoms with E-state index in [1.165, 1.54) is 33.3 Å². The van der Waals surface area contributed by atoms with Crippen molar-refractivity contribution in [3.05, 3.63) is 166 Å². The molecule has 0 aromatic heterocycles. The molecule has 0 bridgehead atoms. The molecule has 0 fully saturated rings. The third kappa shape index (κ3) is 4.81. The fraction of sp³-hybridized carbons (Fsp3) is 0.200. The average molecular weight is 579 g/mol. The molecule has 4 heteroatoms. The first-order valence-electron chi connectivity index (χ1n) is 15.1. The lowest BCUT2D eigenvalue weighted by molar-refractivity contribution is -0.384. The Bertz CT molecular complexity index is 2000. The predicted octanol–water partition coefficient (Wildman–Crippen LogP) is 10.1. The number of benzene rings is 5. The molecular weight excluding hydrogens is 540 g/mol. The van der Waals surface area contributed by atoms with Crippen LogP contribution in [-0.2, 0) is 17.3 Å². The second-order valence-electron chi connectivity index (χ2n) is 12.7. The summed E-state index contributed by atoms with van der Waals surface area (Å²) in [7, 11) is 2.16. The maximum absolute atomic E-state index is 11.6. The molecule has 1 unspecified atom stereocenters. The number of fused-ring (bicyclic) bond motifs is 4. The van der Waals surface area contributed by atoms with Gasteiger partial charge in [0.05, 0.1) is 4.92 Å². The van der Waals surface area contributed by atoms with Crippen LogP contribution in [-0.4, -0.2) is 12.0 Å². The fourth-order valence-electron chi connectivity index (χ4n) is 7.21. The highest BCUT2D eigenvalue weighted by molar-refractivity contribution is 5.95. The van der Waals surface area contributed by atoms with Crippen LogP contribution in [0.2, 0.25) is 0 Å². The molecular formula is C40H38N2O2. The standard InChI is InChI=1S/C40H38N2O2/c1-27-19-20-31-21-23-32(42(43)44)25-34(31)37(27)39(3,4)28(2)13-12-18-36-40(5,26-29-14-8-7-9-15-29)38-33-17-11-10-16-30(33)22-24-35(38)41(36)6/h7-25H,2,26H2,1,3-6H3/b13-12+,36-18+. The van der Waals surface area contributed by atoms with E-state index in [9.17, 15) is 10.1 Å². The summed E-state index contributed by atoms with van der Waals surface area (Å²) in [6.45, 7) is 13.2. The van der Waals surface area contributed by atoms with Gasteiger partial charge in [-0.2, -0.15) is 0 Å². The van der Waals surface area contributed by atoms with Crippen molar-refractivity contribution in [3.63, 3.8) is 0 Å².